The Balaban J connectivity index is 2.01. The molecule has 1 aromatic rings. The van der Waals surface area contributed by atoms with Crippen LogP contribution in [0.15, 0.2) is 23.1 Å². The highest BCUT2D eigenvalue weighted by atomic mass is 32.2. The van der Waals surface area contributed by atoms with Gasteiger partial charge >= 0.3 is 0 Å². The van der Waals surface area contributed by atoms with Crippen LogP contribution in [0.25, 0.3) is 0 Å². The zero-order valence-corrected chi connectivity index (χ0v) is 19.9. The van der Waals surface area contributed by atoms with E-state index in [9.17, 15) is 18.3 Å². The van der Waals surface area contributed by atoms with Crippen molar-refractivity contribution < 1.29 is 27.8 Å². The second-order valence-electron chi connectivity index (χ2n) is 8.63. The number of aliphatic hydroxyl groups excluding tert-OH is 1. The van der Waals surface area contributed by atoms with Crippen LogP contribution in [0.1, 0.15) is 32.3 Å². The van der Waals surface area contributed by atoms with E-state index in [1.165, 1.54) is 10.4 Å². The number of methoxy groups -OCH3 is 1. The summed E-state index contributed by atoms with van der Waals surface area (Å²) in [4.78, 5) is 14.2. The number of fused-ring (bicyclic) bond motifs is 1. The van der Waals surface area contributed by atoms with Crippen LogP contribution >= 0.6 is 0 Å². The van der Waals surface area contributed by atoms with Crippen LogP contribution in [0.5, 0.6) is 5.75 Å². The third-order valence-corrected chi connectivity index (χ3v) is 7.89. The molecule has 3 rings (SSSR count). The lowest BCUT2D eigenvalue weighted by molar-refractivity contribution is -0.132. The number of carbonyl (C=O) groups excluding carboxylic acids is 1. The first-order chi connectivity index (χ1) is 15.2. The molecule has 0 aromatic heterocycles. The summed E-state index contributed by atoms with van der Waals surface area (Å²) >= 11 is 0. The van der Waals surface area contributed by atoms with Gasteiger partial charge in [0.05, 0.1) is 13.2 Å². The van der Waals surface area contributed by atoms with Crippen LogP contribution in [0.4, 0.5) is 0 Å². The number of ether oxygens (including phenoxy) is 2. The third kappa shape index (κ3) is 5.44. The maximum Gasteiger partial charge on any atom is 0.247 e. The molecular weight excluding hydrogens is 432 g/mol. The van der Waals surface area contributed by atoms with Gasteiger partial charge in [-0.2, -0.15) is 4.31 Å². The number of amides is 1. The van der Waals surface area contributed by atoms with Crippen molar-refractivity contribution in [2.75, 3.05) is 40.5 Å². The van der Waals surface area contributed by atoms with E-state index in [2.05, 4.69) is 11.8 Å². The summed E-state index contributed by atoms with van der Waals surface area (Å²) in [5, 5.41) is 9.71. The molecule has 0 saturated heterocycles. The normalized spacial score (nSPS) is 23.5. The molecule has 1 aromatic carbocycles. The third-order valence-electron chi connectivity index (χ3n) is 5.87. The van der Waals surface area contributed by atoms with Gasteiger partial charge in [0.1, 0.15) is 23.4 Å². The average Bonchev–Trinajstić information content (AvgIpc) is 3.60. The predicted octanol–water partition coefficient (Wildman–Crippen LogP) is 1.32. The highest BCUT2D eigenvalue weighted by Gasteiger charge is 2.39. The van der Waals surface area contributed by atoms with E-state index in [1.54, 1.807) is 38.1 Å². The van der Waals surface area contributed by atoms with Crippen LogP contribution in [0, 0.1) is 23.7 Å². The van der Waals surface area contributed by atoms with E-state index < -0.39 is 22.2 Å². The van der Waals surface area contributed by atoms with E-state index in [-0.39, 0.29) is 48.1 Å². The summed E-state index contributed by atoms with van der Waals surface area (Å²) < 4.78 is 39.4. The maximum absolute atomic E-state index is 13.4. The minimum absolute atomic E-state index is 0.0307. The lowest BCUT2D eigenvalue weighted by Gasteiger charge is -2.37. The van der Waals surface area contributed by atoms with Gasteiger partial charge in [-0.1, -0.05) is 18.8 Å². The Morgan fingerprint density at radius 1 is 1.41 bits per heavy atom. The molecule has 1 fully saturated rings. The fraction of sp³-hybridized carbons (Fsp3) is 0.609. The Kier molecular flexibility index (Phi) is 7.83. The van der Waals surface area contributed by atoms with Gasteiger partial charge in [-0.25, -0.2) is 8.42 Å². The monoisotopic (exact) mass is 464 g/mol. The number of nitrogens with zero attached hydrogens (tertiary/aromatic N) is 2. The molecule has 0 spiro atoms. The number of hydrogen-bond donors (Lipinski definition) is 1. The first-order valence-corrected chi connectivity index (χ1v) is 12.3. The summed E-state index contributed by atoms with van der Waals surface area (Å²) in [6, 6.07) is 4.14. The van der Waals surface area contributed by atoms with Crippen molar-refractivity contribution in [2.24, 2.45) is 11.8 Å². The maximum atomic E-state index is 13.4. The van der Waals surface area contributed by atoms with E-state index in [4.69, 9.17) is 9.47 Å². The Morgan fingerprint density at radius 2 is 2.12 bits per heavy atom. The number of rotatable bonds is 6. The molecular formula is C23H32N2O6S. The minimum atomic E-state index is -3.91. The van der Waals surface area contributed by atoms with Crippen molar-refractivity contribution in [1.82, 2.24) is 9.21 Å². The topological polar surface area (TPSA) is 96.4 Å². The van der Waals surface area contributed by atoms with Crippen molar-refractivity contribution >= 4 is 15.9 Å². The highest BCUT2D eigenvalue weighted by molar-refractivity contribution is 7.89. The van der Waals surface area contributed by atoms with E-state index in [1.807, 2.05) is 6.92 Å². The molecule has 1 N–H and O–H groups in total. The van der Waals surface area contributed by atoms with Gasteiger partial charge in [0.15, 0.2) is 0 Å². The number of aliphatic hydroxyl groups is 1. The molecule has 2 aliphatic rings. The van der Waals surface area contributed by atoms with Gasteiger partial charge < -0.3 is 19.5 Å². The fourth-order valence-electron chi connectivity index (χ4n) is 3.73. The molecule has 1 aliphatic heterocycles. The van der Waals surface area contributed by atoms with Gasteiger partial charge in [-0.15, -0.1) is 0 Å². The Labute approximate surface area is 190 Å². The van der Waals surface area contributed by atoms with Crippen LogP contribution < -0.4 is 4.74 Å². The van der Waals surface area contributed by atoms with E-state index >= 15 is 0 Å². The average molecular weight is 465 g/mol. The lowest BCUT2D eigenvalue weighted by atomic mass is 10.0. The number of carbonyl (C=O) groups is 1. The molecule has 3 atom stereocenters. The van der Waals surface area contributed by atoms with Crippen molar-refractivity contribution in [1.29, 1.82) is 0 Å². The summed E-state index contributed by atoms with van der Waals surface area (Å²) in [7, 11) is -0.599. The molecule has 32 heavy (non-hydrogen) atoms. The number of benzene rings is 1. The van der Waals surface area contributed by atoms with Crippen molar-refractivity contribution in [2.45, 2.75) is 43.7 Å². The SMILES string of the molecule is COCC#Cc1ccc2c(c1)O[C@H](CN(C)C(=O)C1CC1)[C@@H](C)CN([C@H](C)CO)S2(=O)=O. The molecule has 9 heteroatoms. The molecule has 1 heterocycles. The zero-order valence-electron chi connectivity index (χ0n) is 19.1. The Hall–Kier alpha value is -2.12. The van der Waals surface area contributed by atoms with Gasteiger partial charge in [0.25, 0.3) is 0 Å². The fourth-order valence-corrected chi connectivity index (χ4v) is 5.56. The van der Waals surface area contributed by atoms with Crippen molar-refractivity contribution in [3.05, 3.63) is 23.8 Å². The number of sulfonamides is 1. The standard InChI is InChI=1S/C23H32N2O6S/c1-16-13-25(17(2)15-26)32(28,29)22-10-7-18(6-5-11-30-4)12-20(22)31-21(16)14-24(3)23(27)19-8-9-19/h7,10,12,16-17,19,21,26H,8-9,11,13-15H2,1-4H3/t16-,17+,21+/m0/s1. The molecule has 1 aliphatic carbocycles. The molecule has 176 valence electrons. The molecule has 0 unspecified atom stereocenters. The zero-order chi connectivity index (χ0) is 23.5. The summed E-state index contributed by atoms with van der Waals surface area (Å²) in [5.74, 6) is 5.97. The van der Waals surface area contributed by atoms with Gasteiger partial charge in [-0.05, 0) is 38.0 Å². The highest BCUT2D eigenvalue weighted by Crippen LogP contribution is 2.35. The van der Waals surface area contributed by atoms with Gasteiger partial charge in [-0.3, -0.25) is 4.79 Å². The molecule has 1 saturated carbocycles. The second kappa shape index (κ2) is 10.2. The number of likely N-dealkylation sites (N-methyl/N-ethyl adjacent to an activating group) is 1. The van der Waals surface area contributed by atoms with Crippen LogP contribution in [0.2, 0.25) is 0 Å². The first kappa shape index (κ1) is 24.5. The second-order valence-corrected chi connectivity index (χ2v) is 10.5. The predicted molar refractivity (Wildman–Crippen MR) is 120 cm³/mol. The van der Waals surface area contributed by atoms with Crippen LogP contribution in [-0.4, -0.2) is 81.2 Å². The summed E-state index contributed by atoms with van der Waals surface area (Å²) in [6.45, 7) is 4.06. The van der Waals surface area contributed by atoms with E-state index in [0.717, 1.165) is 12.8 Å². The molecule has 0 bridgehead atoms. The van der Waals surface area contributed by atoms with Crippen LogP contribution in [0.3, 0.4) is 0 Å². The molecule has 0 radical (unpaired) electrons. The minimum Gasteiger partial charge on any atom is -0.487 e. The number of hydrogen-bond acceptors (Lipinski definition) is 6. The van der Waals surface area contributed by atoms with Crippen molar-refractivity contribution in [3.8, 4) is 17.6 Å². The largest absolute Gasteiger partial charge is 0.487 e. The summed E-state index contributed by atoms with van der Waals surface area (Å²) in [6.07, 6.45) is 1.40. The van der Waals surface area contributed by atoms with E-state index in [0.29, 0.717) is 12.1 Å². The Bertz CT molecular complexity index is 995. The molecule has 8 nitrogen and oxygen atoms in total. The van der Waals surface area contributed by atoms with Crippen LogP contribution in [-0.2, 0) is 19.6 Å². The van der Waals surface area contributed by atoms with Gasteiger partial charge in [0, 0.05) is 44.1 Å². The first-order valence-electron chi connectivity index (χ1n) is 10.8. The lowest BCUT2D eigenvalue weighted by Crippen LogP contribution is -2.50. The smallest absolute Gasteiger partial charge is 0.247 e. The molecule has 1 amide bonds. The van der Waals surface area contributed by atoms with Crippen molar-refractivity contribution in [3.63, 3.8) is 0 Å². The van der Waals surface area contributed by atoms with Gasteiger partial charge in [0.2, 0.25) is 15.9 Å². The Morgan fingerprint density at radius 3 is 2.75 bits per heavy atom. The summed E-state index contributed by atoms with van der Waals surface area (Å²) in [5.41, 5.74) is 0.604. The quantitative estimate of drug-likeness (QED) is 0.638.